The van der Waals surface area contributed by atoms with Gasteiger partial charge >= 0.3 is 0 Å². The van der Waals surface area contributed by atoms with E-state index in [1.807, 2.05) is 25.1 Å². The number of hydrogen-bond acceptors (Lipinski definition) is 4. The van der Waals surface area contributed by atoms with Gasteiger partial charge < -0.3 is 10.6 Å². The summed E-state index contributed by atoms with van der Waals surface area (Å²) in [4.78, 5) is 35.2. The van der Waals surface area contributed by atoms with Crippen molar-refractivity contribution >= 4 is 11.8 Å². The number of carbonyl (C=O) groups is 2. The zero-order chi connectivity index (χ0) is 16.4. The number of aromatic nitrogens is 2. The minimum atomic E-state index is -1.23. The van der Waals surface area contributed by atoms with Gasteiger partial charge in [0, 0.05) is 24.5 Å². The molecule has 0 unspecified atom stereocenters. The number of likely N-dealkylation sites (tertiary alicyclic amines) is 1. The molecule has 2 aromatic rings. The van der Waals surface area contributed by atoms with Crippen molar-refractivity contribution < 1.29 is 9.59 Å². The van der Waals surface area contributed by atoms with E-state index in [9.17, 15) is 9.59 Å². The largest absolute Gasteiger partial charge is 0.367 e. The van der Waals surface area contributed by atoms with Crippen LogP contribution in [-0.2, 0) is 10.3 Å². The second kappa shape index (κ2) is 5.79. The minimum Gasteiger partial charge on any atom is -0.367 e. The number of primary amides is 1. The Balaban J connectivity index is 2.09. The minimum absolute atomic E-state index is 0.204. The second-order valence-electron chi connectivity index (χ2n) is 5.69. The first-order valence-corrected chi connectivity index (χ1v) is 7.51. The van der Waals surface area contributed by atoms with Crippen LogP contribution in [0.3, 0.4) is 0 Å². The molecule has 1 atom stereocenters. The third-order valence-electron chi connectivity index (χ3n) is 4.40. The molecule has 1 aliphatic rings. The highest BCUT2D eigenvalue weighted by atomic mass is 16.2. The summed E-state index contributed by atoms with van der Waals surface area (Å²) in [6.07, 6.45) is 5.69. The Morgan fingerprint density at radius 2 is 2.04 bits per heavy atom. The molecule has 118 valence electrons. The fraction of sp³-hybridized carbons (Fsp3) is 0.294. The van der Waals surface area contributed by atoms with E-state index in [0.29, 0.717) is 30.6 Å². The molecule has 2 N–H and O–H groups in total. The molecule has 2 amide bonds. The number of benzene rings is 1. The number of aryl methyl sites for hydroxylation is 1. The van der Waals surface area contributed by atoms with Gasteiger partial charge in [0.05, 0.1) is 11.9 Å². The van der Waals surface area contributed by atoms with Crippen LogP contribution in [0.25, 0.3) is 0 Å². The van der Waals surface area contributed by atoms with Gasteiger partial charge in [0.15, 0.2) is 5.54 Å². The third kappa shape index (κ3) is 2.36. The van der Waals surface area contributed by atoms with Gasteiger partial charge in [-0.2, -0.15) is 0 Å². The van der Waals surface area contributed by atoms with Gasteiger partial charge in [-0.3, -0.25) is 19.6 Å². The lowest BCUT2D eigenvalue weighted by atomic mass is 9.90. The summed E-state index contributed by atoms with van der Waals surface area (Å²) in [6, 6.07) is 7.32. The van der Waals surface area contributed by atoms with Gasteiger partial charge in [0.1, 0.15) is 0 Å². The van der Waals surface area contributed by atoms with E-state index in [-0.39, 0.29) is 5.91 Å². The lowest BCUT2D eigenvalue weighted by Gasteiger charge is -2.35. The Kier molecular flexibility index (Phi) is 3.82. The lowest BCUT2D eigenvalue weighted by Crippen LogP contribution is -2.54. The molecular weight excluding hydrogens is 292 g/mol. The summed E-state index contributed by atoms with van der Waals surface area (Å²) in [6.45, 7) is 2.34. The van der Waals surface area contributed by atoms with Gasteiger partial charge in [0.25, 0.3) is 5.91 Å². The van der Waals surface area contributed by atoms with Crippen molar-refractivity contribution in [1.82, 2.24) is 14.9 Å². The number of carbonyl (C=O) groups excluding carboxylic acids is 2. The topological polar surface area (TPSA) is 89.2 Å². The first-order valence-electron chi connectivity index (χ1n) is 7.51. The molecule has 2 heterocycles. The molecule has 1 fully saturated rings. The molecule has 6 heteroatoms. The number of amides is 2. The number of hydrogen-bond donors (Lipinski definition) is 1. The first-order chi connectivity index (χ1) is 11.1. The van der Waals surface area contributed by atoms with Crippen molar-refractivity contribution in [3.8, 4) is 0 Å². The first kappa shape index (κ1) is 15.1. The fourth-order valence-electron chi connectivity index (χ4n) is 3.21. The highest BCUT2D eigenvalue weighted by molar-refractivity contribution is 6.00. The van der Waals surface area contributed by atoms with Gasteiger partial charge in [-0.15, -0.1) is 0 Å². The van der Waals surface area contributed by atoms with E-state index in [4.69, 9.17) is 5.73 Å². The van der Waals surface area contributed by atoms with Crippen molar-refractivity contribution in [2.45, 2.75) is 25.3 Å². The van der Waals surface area contributed by atoms with Gasteiger partial charge in [-0.05, 0) is 31.4 Å². The van der Waals surface area contributed by atoms with Crippen LogP contribution >= 0.6 is 0 Å². The predicted molar refractivity (Wildman–Crippen MR) is 84.4 cm³/mol. The molecule has 3 rings (SSSR count). The quantitative estimate of drug-likeness (QED) is 0.928. The molecular formula is C17H18N4O2. The fourth-order valence-corrected chi connectivity index (χ4v) is 3.21. The van der Waals surface area contributed by atoms with Crippen LogP contribution in [0.4, 0.5) is 0 Å². The van der Waals surface area contributed by atoms with Crippen LogP contribution in [0.15, 0.2) is 42.9 Å². The van der Waals surface area contributed by atoms with Crippen LogP contribution in [0.5, 0.6) is 0 Å². The van der Waals surface area contributed by atoms with E-state index in [2.05, 4.69) is 9.97 Å². The smallest absolute Gasteiger partial charge is 0.255 e. The van der Waals surface area contributed by atoms with E-state index in [0.717, 1.165) is 5.56 Å². The van der Waals surface area contributed by atoms with Crippen LogP contribution < -0.4 is 5.73 Å². The molecule has 6 nitrogen and oxygen atoms in total. The zero-order valence-electron chi connectivity index (χ0n) is 12.9. The average Bonchev–Trinajstić information content (AvgIpc) is 3.01. The maximum atomic E-state index is 13.0. The van der Waals surface area contributed by atoms with Crippen LogP contribution in [0.1, 0.15) is 34.5 Å². The molecule has 1 aliphatic heterocycles. The summed E-state index contributed by atoms with van der Waals surface area (Å²) in [5.74, 6) is -0.775. The lowest BCUT2D eigenvalue weighted by molar-refractivity contribution is -0.128. The molecule has 0 saturated carbocycles. The zero-order valence-corrected chi connectivity index (χ0v) is 12.9. The van der Waals surface area contributed by atoms with Gasteiger partial charge in [-0.1, -0.05) is 18.2 Å². The molecule has 1 aromatic heterocycles. The third-order valence-corrected chi connectivity index (χ3v) is 4.40. The number of nitrogens with zero attached hydrogens (tertiary/aromatic N) is 3. The Labute approximate surface area is 134 Å². The summed E-state index contributed by atoms with van der Waals surface area (Å²) < 4.78 is 0. The van der Waals surface area contributed by atoms with Gasteiger partial charge in [-0.25, -0.2) is 0 Å². The molecule has 23 heavy (non-hydrogen) atoms. The van der Waals surface area contributed by atoms with Crippen molar-refractivity contribution in [2.75, 3.05) is 6.54 Å². The molecule has 0 radical (unpaired) electrons. The van der Waals surface area contributed by atoms with E-state index in [1.165, 1.54) is 18.6 Å². The Morgan fingerprint density at radius 1 is 1.26 bits per heavy atom. The maximum absolute atomic E-state index is 13.0. The van der Waals surface area contributed by atoms with Crippen molar-refractivity contribution in [1.29, 1.82) is 0 Å². The number of nitrogens with two attached hydrogens (primary N) is 1. The molecule has 1 aromatic carbocycles. The summed E-state index contributed by atoms with van der Waals surface area (Å²) >= 11 is 0. The summed E-state index contributed by atoms with van der Waals surface area (Å²) in [5.41, 5.74) is 6.34. The highest BCUT2D eigenvalue weighted by Crippen LogP contribution is 2.38. The van der Waals surface area contributed by atoms with Crippen LogP contribution in [0, 0.1) is 6.92 Å². The Morgan fingerprint density at radius 3 is 2.70 bits per heavy atom. The van der Waals surface area contributed by atoms with E-state index >= 15 is 0 Å². The standard InChI is InChI=1S/C17H18N4O2/c1-12-5-2-3-6-13(12)15(22)21-10-4-7-17(21,16(18)23)14-11-19-8-9-20-14/h2-3,5-6,8-9,11H,4,7,10H2,1H3,(H2,18,23)/t17-/m0/s1. The van der Waals surface area contributed by atoms with Crippen molar-refractivity contribution in [2.24, 2.45) is 5.73 Å². The van der Waals surface area contributed by atoms with Crippen molar-refractivity contribution in [3.05, 3.63) is 59.7 Å². The maximum Gasteiger partial charge on any atom is 0.255 e. The predicted octanol–water partition coefficient (Wildman–Crippen LogP) is 1.40. The monoisotopic (exact) mass is 310 g/mol. The van der Waals surface area contributed by atoms with Crippen LogP contribution in [0.2, 0.25) is 0 Å². The normalized spacial score (nSPS) is 20.5. The average molecular weight is 310 g/mol. The summed E-state index contributed by atoms with van der Waals surface area (Å²) in [5, 5.41) is 0. The highest BCUT2D eigenvalue weighted by Gasteiger charge is 2.51. The molecule has 0 aliphatic carbocycles. The Bertz CT molecular complexity index is 747. The molecule has 0 spiro atoms. The van der Waals surface area contributed by atoms with E-state index < -0.39 is 11.4 Å². The molecule has 0 bridgehead atoms. The van der Waals surface area contributed by atoms with Crippen molar-refractivity contribution in [3.63, 3.8) is 0 Å². The number of rotatable bonds is 3. The Hall–Kier alpha value is -2.76. The second-order valence-corrected chi connectivity index (χ2v) is 5.69. The van der Waals surface area contributed by atoms with Gasteiger partial charge in [0.2, 0.25) is 5.91 Å². The van der Waals surface area contributed by atoms with E-state index in [1.54, 1.807) is 11.0 Å². The SMILES string of the molecule is Cc1ccccc1C(=O)N1CCC[C@@]1(C(N)=O)c1cnccn1. The van der Waals surface area contributed by atoms with Crippen LogP contribution in [-0.4, -0.2) is 33.2 Å². The summed E-state index contributed by atoms with van der Waals surface area (Å²) in [7, 11) is 0. The molecule has 1 saturated heterocycles.